The maximum Gasteiger partial charge on any atom is 0.323 e. The van der Waals surface area contributed by atoms with Crippen LogP contribution in [0.15, 0.2) is 11.6 Å². The molecule has 5 nitrogen and oxygen atoms in total. The number of hydrogen-bond acceptors (Lipinski definition) is 4. The monoisotopic (exact) mass is 266 g/mol. The molecule has 0 aromatic carbocycles. The highest BCUT2D eigenvalue weighted by Crippen LogP contribution is 2.52. The fraction of sp³-hybridized carbons (Fsp3) is 0.667. The van der Waals surface area contributed by atoms with E-state index < -0.39 is 0 Å². The molecule has 1 aliphatic heterocycles. The van der Waals surface area contributed by atoms with E-state index in [0.717, 1.165) is 19.5 Å². The molecule has 2 heterocycles. The number of urea groups is 1. The van der Waals surface area contributed by atoms with Crippen LogP contribution in [-0.2, 0) is 0 Å². The van der Waals surface area contributed by atoms with Gasteiger partial charge in [0, 0.05) is 36.6 Å². The summed E-state index contributed by atoms with van der Waals surface area (Å²) in [5, 5.41) is 8.83. The van der Waals surface area contributed by atoms with Crippen LogP contribution in [0.25, 0.3) is 0 Å². The van der Waals surface area contributed by atoms with Gasteiger partial charge in [-0.25, -0.2) is 9.78 Å². The molecule has 3 rings (SSSR count). The van der Waals surface area contributed by atoms with E-state index in [2.05, 4.69) is 15.6 Å². The zero-order chi connectivity index (χ0) is 12.6. The predicted molar refractivity (Wildman–Crippen MR) is 71.8 cm³/mol. The van der Waals surface area contributed by atoms with Crippen LogP contribution in [0.5, 0.6) is 0 Å². The summed E-state index contributed by atoms with van der Waals surface area (Å²) < 4.78 is 0. The average Bonchev–Trinajstić information content (AvgIpc) is 2.94. The van der Waals surface area contributed by atoms with E-state index in [1.807, 2.05) is 17.3 Å². The lowest BCUT2D eigenvalue weighted by Gasteiger charge is -2.38. The van der Waals surface area contributed by atoms with Crippen molar-refractivity contribution in [2.75, 3.05) is 25.5 Å². The second-order valence-corrected chi connectivity index (χ2v) is 6.12. The minimum absolute atomic E-state index is 0.0388. The topological polar surface area (TPSA) is 57.3 Å². The third kappa shape index (κ3) is 2.10. The quantitative estimate of drug-likeness (QED) is 0.857. The van der Waals surface area contributed by atoms with Crippen LogP contribution in [0.4, 0.5) is 9.93 Å². The molecule has 0 radical (unpaired) electrons. The molecule has 2 N–H and O–H groups in total. The van der Waals surface area contributed by atoms with E-state index in [-0.39, 0.29) is 6.03 Å². The van der Waals surface area contributed by atoms with Gasteiger partial charge in [-0.2, -0.15) is 0 Å². The number of aromatic nitrogens is 1. The number of piperidine rings is 1. The summed E-state index contributed by atoms with van der Waals surface area (Å²) in [6.07, 6.45) is 5.22. The first-order valence-corrected chi connectivity index (χ1v) is 7.23. The van der Waals surface area contributed by atoms with Crippen LogP contribution in [0.2, 0.25) is 0 Å². The smallest absolute Gasteiger partial charge is 0.323 e. The van der Waals surface area contributed by atoms with Crippen molar-refractivity contribution in [3.05, 3.63) is 11.6 Å². The summed E-state index contributed by atoms with van der Waals surface area (Å²) in [7, 11) is 1.90. The summed E-state index contributed by atoms with van der Waals surface area (Å²) in [5.74, 6) is 0. The van der Waals surface area contributed by atoms with Crippen LogP contribution in [-0.4, -0.2) is 42.1 Å². The lowest BCUT2D eigenvalue weighted by molar-refractivity contribution is 0.143. The molecule has 1 aromatic rings. The van der Waals surface area contributed by atoms with Crippen LogP contribution in [0.1, 0.15) is 19.3 Å². The molecule has 1 atom stereocenters. The first-order chi connectivity index (χ1) is 8.71. The number of carbonyl (C=O) groups is 1. The third-order valence-corrected chi connectivity index (χ3v) is 4.79. The summed E-state index contributed by atoms with van der Waals surface area (Å²) in [5.41, 5.74) is 0.340. The van der Waals surface area contributed by atoms with Gasteiger partial charge >= 0.3 is 6.03 Å². The van der Waals surface area contributed by atoms with Crippen LogP contribution >= 0.6 is 11.3 Å². The SMILES string of the molecule is CN(C(=O)Nc1nccs1)C1CCNCC12CC2. The number of rotatable bonds is 2. The van der Waals surface area contributed by atoms with E-state index in [1.165, 1.54) is 24.2 Å². The van der Waals surface area contributed by atoms with Gasteiger partial charge in [0.2, 0.25) is 0 Å². The standard InChI is InChI=1S/C12H18N4OS/c1-16(11(17)15-10-14-6-7-18-10)9-2-5-13-8-12(9)3-4-12/h6-7,9,13H,2-5,8H2,1H3,(H,14,15,17). The number of amides is 2. The van der Waals surface area contributed by atoms with E-state index in [9.17, 15) is 4.79 Å². The molecule has 1 spiro atoms. The number of nitrogens with one attached hydrogen (secondary N) is 2. The van der Waals surface area contributed by atoms with Gasteiger partial charge in [-0.1, -0.05) is 0 Å². The zero-order valence-electron chi connectivity index (χ0n) is 10.5. The van der Waals surface area contributed by atoms with Crippen molar-refractivity contribution in [2.45, 2.75) is 25.3 Å². The van der Waals surface area contributed by atoms with Crippen molar-refractivity contribution in [3.8, 4) is 0 Å². The van der Waals surface area contributed by atoms with Crippen molar-refractivity contribution in [2.24, 2.45) is 5.41 Å². The zero-order valence-corrected chi connectivity index (χ0v) is 11.3. The summed E-state index contributed by atoms with van der Waals surface area (Å²) in [4.78, 5) is 18.1. The number of hydrogen-bond donors (Lipinski definition) is 2. The van der Waals surface area contributed by atoms with Crippen LogP contribution in [0, 0.1) is 5.41 Å². The second-order valence-electron chi connectivity index (χ2n) is 5.22. The predicted octanol–water partition coefficient (Wildman–Crippen LogP) is 1.75. The Bertz CT molecular complexity index is 429. The van der Waals surface area contributed by atoms with E-state index in [0.29, 0.717) is 16.6 Å². The van der Waals surface area contributed by atoms with Gasteiger partial charge in [0.1, 0.15) is 0 Å². The Morgan fingerprint density at radius 3 is 3.17 bits per heavy atom. The molecular formula is C12H18N4OS. The minimum atomic E-state index is -0.0388. The van der Waals surface area contributed by atoms with Gasteiger partial charge in [0.25, 0.3) is 0 Å². The van der Waals surface area contributed by atoms with Gasteiger partial charge in [0.15, 0.2) is 5.13 Å². The van der Waals surface area contributed by atoms with Crippen LogP contribution in [0.3, 0.4) is 0 Å². The number of thiazole rings is 1. The molecule has 2 amide bonds. The van der Waals surface area contributed by atoms with Gasteiger partial charge in [0.05, 0.1) is 0 Å². The minimum Gasteiger partial charge on any atom is -0.324 e. The number of carbonyl (C=O) groups excluding carboxylic acids is 1. The second kappa shape index (κ2) is 4.51. The molecule has 1 unspecified atom stereocenters. The Morgan fingerprint density at radius 1 is 1.67 bits per heavy atom. The lowest BCUT2D eigenvalue weighted by atomic mass is 9.89. The summed E-state index contributed by atoms with van der Waals surface area (Å²) in [6, 6.07) is 0.321. The molecule has 1 saturated carbocycles. The molecule has 18 heavy (non-hydrogen) atoms. The fourth-order valence-corrected chi connectivity index (χ4v) is 3.40. The van der Waals surface area contributed by atoms with Crippen molar-refractivity contribution in [3.63, 3.8) is 0 Å². The molecule has 1 aliphatic carbocycles. The van der Waals surface area contributed by atoms with Crippen LogP contribution < -0.4 is 10.6 Å². The first kappa shape index (κ1) is 11.9. The molecular weight excluding hydrogens is 248 g/mol. The molecule has 1 aromatic heterocycles. The van der Waals surface area contributed by atoms with Gasteiger partial charge < -0.3 is 10.2 Å². The first-order valence-electron chi connectivity index (χ1n) is 6.35. The molecule has 1 saturated heterocycles. The summed E-state index contributed by atoms with van der Waals surface area (Å²) in [6.45, 7) is 2.05. The van der Waals surface area contributed by atoms with Crippen molar-refractivity contribution < 1.29 is 4.79 Å². The molecule has 2 aliphatic rings. The Kier molecular flexibility index (Phi) is 2.99. The molecule has 6 heteroatoms. The summed E-state index contributed by atoms with van der Waals surface area (Å²) >= 11 is 1.45. The van der Waals surface area contributed by atoms with Crippen molar-refractivity contribution >= 4 is 22.5 Å². The number of anilines is 1. The highest BCUT2D eigenvalue weighted by atomic mass is 32.1. The van der Waals surface area contributed by atoms with E-state index >= 15 is 0 Å². The number of nitrogens with zero attached hydrogens (tertiary/aromatic N) is 2. The Labute approximate surface area is 111 Å². The normalized spacial score (nSPS) is 24.8. The Hall–Kier alpha value is -1.14. The maximum atomic E-state index is 12.2. The lowest BCUT2D eigenvalue weighted by Crippen LogP contribution is -2.52. The average molecular weight is 266 g/mol. The fourth-order valence-electron chi connectivity index (χ4n) is 2.88. The van der Waals surface area contributed by atoms with Gasteiger partial charge in [-0.05, 0) is 25.8 Å². The van der Waals surface area contributed by atoms with E-state index in [1.54, 1.807) is 6.20 Å². The largest absolute Gasteiger partial charge is 0.324 e. The maximum absolute atomic E-state index is 12.2. The highest BCUT2D eigenvalue weighted by molar-refractivity contribution is 7.13. The van der Waals surface area contributed by atoms with Crippen molar-refractivity contribution in [1.29, 1.82) is 0 Å². The molecule has 98 valence electrons. The Balaban J connectivity index is 1.66. The molecule has 2 fully saturated rings. The van der Waals surface area contributed by atoms with E-state index in [4.69, 9.17) is 0 Å². The third-order valence-electron chi connectivity index (χ3n) is 4.10. The van der Waals surface area contributed by atoms with Gasteiger partial charge in [-0.3, -0.25) is 5.32 Å². The van der Waals surface area contributed by atoms with Crippen molar-refractivity contribution in [1.82, 2.24) is 15.2 Å². The van der Waals surface area contributed by atoms with Gasteiger partial charge in [-0.15, -0.1) is 11.3 Å². The molecule has 0 bridgehead atoms. The highest BCUT2D eigenvalue weighted by Gasteiger charge is 2.52. The Morgan fingerprint density at radius 2 is 2.50 bits per heavy atom.